The second-order valence-corrected chi connectivity index (χ2v) is 6.95. The number of hydrogen-bond donors (Lipinski definition) is 2. The summed E-state index contributed by atoms with van der Waals surface area (Å²) in [6.07, 6.45) is 0.491. The summed E-state index contributed by atoms with van der Waals surface area (Å²) in [6.45, 7) is 4.61. The van der Waals surface area contributed by atoms with Crippen molar-refractivity contribution in [2.75, 3.05) is 13.2 Å². The number of benzene rings is 2. The van der Waals surface area contributed by atoms with Crippen molar-refractivity contribution in [2.45, 2.75) is 32.4 Å². The summed E-state index contributed by atoms with van der Waals surface area (Å²) >= 11 is 0. The highest BCUT2D eigenvalue weighted by Crippen LogP contribution is 2.30. The summed E-state index contributed by atoms with van der Waals surface area (Å²) in [5.74, 6) is 0.895. The molecule has 6 heteroatoms. The Morgan fingerprint density at radius 1 is 1.07 bits per heavy atom. The Kier molecular flexibility index (Phi) is 6.53. The van der Waals surface area contributed by atoms with Gasteiger partial charge in [-0.1, -0.05) is 50.6 Å². The molecule has 3 rings (SSSR count). The molecule has 1 aliphatic heterocycles. The van der Waals surface area contributed by atoms with Crippen molar-refractivity contribution in [2.24, 2.45) is 5.92 Å². The van der Waals surface area contributed by atoms with E-state index in [9.17, 15) is 9.59 Å². The summed E-state index contributed by atoms with van der Waals surface area (Å²) in [6, 6.07) is 15.7. The number of carbonyl (C=O) groups excluding carboxylic acids is 2. The van der Waals surface area contributed by atoms with Gasteiger partial charge in [-0.3, -0.25) is 9.59 Å². The van der Waals surface area contributed by atoms with Crippen molar-refractivity contribution >= 4 is 11.8 Å². The molecule has 0 aliphatic carbocycles. The third kappa shape index (κ3) is 4.82. The van der Waals surface area contributed by atoms with Crippen molar-refractivity contribution < 1.29 is 19.1 Å². The molecule has 2 N–H and O–H groups in total. The van der Waals surface area contributed by atoms with Gasteiger partial charge < -0.3 is 20.1 Å². The van der Waals surface area contributed by atoms with Crippen LogP contribution in [0.5, 0.6) is 11.5 Å². The maximum Gasteiger partial charge on any atom is 0.251 e. The number of carbonyl (C=O) groups is 2. The number of fused-ring (bicyclic) bond motifs is 1. The number of hydrogen-bond acceptors (Lipinski definition) is 4. The van der Waals surface area contributed by atoms with Gasteiger partial charge in [0.15, 0.2) is 11.5 Å². The van der Waals surface area contributed by atoms with Gasteiger partial charge in [0.25, 0.3) is 5.91 Å². The minimum absolute atomic E-state index is 0.00286. The first kappa shape index (κ1) is 19.7. The third-order valence-corrected chi connectivity index (χ3v) is 4.89. The third-order valence-electron chi connectivity index (χ3n) is 4.89. The number of rotatable bonds is 7. The van der Waals surface area contributed by atoms with Crippen LogP contribution in [-0.2, 0) is 4.79 Å². The maximum absolute atomic E-state index is 12.8. The van der Waals surface area contributed by atoms with Crippen LogP contribution in [0.15, 0.2) is 54.6 Å². The van der Waals surface area contributed by atoms with E-state index in [0.717, 1.165) is 6.42 Å². The standard InChI is InChI=1S/C22H26N2O4/c1-3-15(2)20(24-21(25)16-9-5-4-6-10-16)22(26)23-13-17-14-27-18-11-7-8-12-19(18)28-17/h4-12,15,17,20H,3,13-14H2,1-2H3,(H,23,26)(H,24,25)/t15-,17?,20-/m0/s1. The van der Waals surface area contributed by atoms with Crippen LogP contribution in [-0.4, -0.2) is 37.1 Å². The van der Waals surface area contributed by atoms with Crippen LogP contribution >= 0.6 is 0 Å². The minimum Gasteiger partial charge on any atom is -0.486 e. The minimum atomic E-state index is -0.616. The molecule has 6 nitrogen and oxygen atoms in total. The van der Waals surface area contributed by atoms with Gasteiger partial charge in [0.05, 0.1) is 6.54 Å². The highest BCUT2D eigenvalue weighted by Gasteiger charge is 2.28. The number of ether oxygens (including phenoxy) is 2. The van der Waals surface area contributed by atoms with Crippen molar-refractivity contribution in [3.63, 3.8) is 0 Å². The average Bonchev–Trinajstić information content (AvgIpc) is 2.75. The summed E-state index contributed by atoms with van der Waals surface area (Å²) in [7, 11) is 0. The van der Waals surface area contributed by atoms with E-state index in [0.29, 0.717) is 30.2 Å². The molecule has 0 fully saturated rings. The van der Waals surface area contributed by atoms with Crippen LogP contribution in [0.25, 0.3) is 0 Å². The van der Waals surface area contributed by atoms with Gasteiger partial charge in [0.2, 0.25) is 5.91 Å². The smallest absolute Gasteiger partial charge is 0.251 e. The number of nitrogens with one attached hydrogen (secondary N) is 2. The van der Waals surface area contributed by atoms with Crippen molar-refractivity contribution in [3.05, 3.63) is 60.2 Å². The molecule has 0 saturated heterocycles. The molecule has 0 spiro atoms. The van der Waals surface area contributed by atoms with E-state index in [1.807, 2.05) is 44.2 Å². The number of amides is 2. The van der Waals surface area contributed by atoms with Gasteiger partial charge in [-0.25, -0.2) is 0 Å². The lowest BCUT2D eigenvalue weighted by Crippen LogP contribution is -2.52. The van der Waals surface area contributed by atoms with Crippen LogP contribution in [0, 0.1) is 5.92 Å². The van der Waals surface area contributed by atoms with Gasteiger partial charge in [-0.15, -0.1) is 0 Å². The second kappa shape index (κ2) is 9.26. The molecule has 1 heterocycles. The summed E-state index contributed by atoms with van der Waals surface area (Å²) in [4.78, 5) is 25.3. The van der Waals surface area contributed by atoms with Gasteiger partial charge in [-0.05, 0) is 30.2 Å². The first-order chi connectivity index (χ1) is 13.6. The van der Waals surface area contributed by atoms with Crippen LogP contribution in [0.3, 0.4) is 0 Å². The van der Waals surface area contributed by atoms with Gasteiger partial charge in [-0.2, -0.15) is 0 Å². The number of para-hydroxylation sites is 2. The molecule has 28 heavy (non-hydrogen) atoms. The topological polar surface area (TPSA) is 76.7 Å². The Morgan fingerprint density at radius 3 is 2.46 bits per heavy atom. The zero-order valence-electron chi connectivity index (χ0n) is 16.2. The Hall–Kier alpha value is -3.02. The van der Waals surface area contributed by atoms with E-state index in [2.05, 4.69) is 10.6 Å². The molecule has 1 aliphatic rings. The summed E-state index contributed by atoms with van der Waals surface area (Å²) in [5.41, 5.74) is 0.532. The fraction of sp³-hybridized carbons (Fsp3) is 0.364. The summed E-state index contributed by atoms with van der Waals surface area (Å²) < 4.78 is 11.5. The lowest BCUT2D eigenvalue weighted by Gasteiger charge is -2.28. The van der Waals surface area contributed by atoms with Crippen molar-refractivity contribution in [1.82, 2.24) is 10.6 Å². The molecule has 1 unspecified atom stereocenters. The zero-order chi connectivity index (χ0) is 19.9. The Balaban J connectivity index is 1.58. The molecule has 0 aromatic heterocycles. The van der Waals surface area contributed by atoms with Gasteiger partial charge >= 0.3 is 0 Å². The Bertz CT molecular complexity index is 809. The highest BCUT2D eigenvalue weighted by atomic mass is 16.6. The maximum atomic E-state index is 12.8. The largest absolute Gasteiger partial charge is 0.486 e. The van der Waals surface area contributed by atoms with Gasteiger partial charge in [0, 0.05) is 5.56 Å². The fourth-order valence-corrected chi connectivity index (χ4v) is 3.00. The van der Waals surface area contributed by atoms with Crippen LogP contribution < -0.4 is 20.1 Å². The molecular formula is C22H26N2O4. The lowest BCUT2D eigenvalue weighted by atomic mass is 9.97. The molecule has 2 amide bonds. The van der Waals surface area contributed by atoms with E-state index >= 15 is 0 Å². The lowest BCUT2D eigenvalue weighted by molar-refractivity contribution is -0.124. The van der Waals surface area contributed by atoms with Crippen LogP contribution in [0.1, 0.15) is 30.6 Å². The second-order valence-electron chi connectivity index (χ2n) is 6.95. The fourth-order valence-electron chi connectivity index (χ4n) is 3.00. The van der Waals surface area contributed by atoms with E-state index < -0.39 is 6.04 Å². The predicted molar refractivity (Wildman–Crippen MR) is 107 cm³/mol. The van der Waals surface area contributed by atoms with Gasteiger partial charge in [0.1, 0.15) is 18.8 Å². The van der Waals surface area contributed by atoms with E-state index in [4.69, 9.17) is 9.47 Å². The average molecular weight is 382 g/mol. The monoisotopic (exact) mass is 382 g/mol. The van der Waals surface area contributed by atoms with Crippen LogP contribution in [0.2, 0.25) is 0 Å². The normalized spacial score (nSPS) is 17.3. The van der Waals surface area contributed by atoms with E-state index in [1.54, 1.807) is 24.3 Å². The van der Waals surface area contributed by atoms with E-state index in [1.165, 1.54) is 0 Å². The molecule has 0 bridgehead atoms. The SMILES string of the molecule is CC[C@H](C)[C@H](NC(=O)c1ccccc1)C(=O)NCC1COc2ccccc2O1. The quantitative estimate of drug-likeness (QED) is 0.772. The molecule has 2 aromatic rings. The molecule has 148 valence electrons. The molecule has 2 aromatic carbocycles. The Labute approximate surface area is 165 Å². The Morgan fingerprint density at radius 2 is 1.75 bits per heavy atom. The van der Waals surface area contributed by atoms with Crippen molar-refractivity contribution in [1.29, 1.82) is 0 Å². The van der Waals surface area contributed by atoms with Crippen molar-refractivity contribution in [3.8, 4) is 11.5 Å². The first-order valence-electron chi connectivity index (χ1n) is 9.60. The molecular weight excluding hydrogens is 356 g/mol. The van der Waals surface area contributed by atoms with Crippen LogP contribution in [0.4, 0.5) is 0 Å². The zero-order valence-corrected chi connectivity index (χ0v) is 16.2. The molecule has 0 radical (unpaired) electrons. The van der Waals surface area contributed by atoms with E-state index in [-0.39, 0.29) is 23.8 Å². The molecule has 0 saturated carbocycles. The summed E-state index contributed by atoms with van der Waals surface area (Å²) in [5, 5.41) is 5.76. The highest BCUT2D eigenvalue weighted by molar-refractivity contribution is 5.97. The predicted octanol–water partition coefficient (Wildman–Crippen LogP) is 2.79. The first-order valence-corrected chi connectivity index (χ1v) is 9.60. The molecule has 3 atom stereocenters.